The van der Waals surface area contributed by atoms with Crippen molar-refractivity contribution in [3.63, 3.8) is 0 Å². The van der Waals surface area contributed by atoms with E-state index >= 15 is 0 Å². The maximum absolute atomic E-state index is 12.6. The highest BCUT2D eigenvalue weighted by Crippen LogP contribution is 2.20. The van der Waals surface area contributed by atoms with Crippen molar-refractivity contribution in [1.29, 1.82) is 0 Å². The van der Waals surface area contributed by atoms with E-state index in [1.54, 1.807) is 29.6 Å². The van der Waals surface area contributed by atoms with E-state index in [2.05, 4.69) is 24.8 Å². The van der Waals surface area contributed by atoms with Crippen LogP contribution in [0.3, 0.4) is 0 Å². The first-order valence-corrected chi connectivity index (χ1v) is 10.9. The number of amides is 2. The minimum atomic E-state index is -5.08. The number of likely N-dealkylation sites (N-methyl/N-ethyl adjacent to an activating group) is 1. The molecule has 0 saturated carbocycles. The Bertz CT molecular complexity index is 1260. The van der Waals surface area contributed by atoms with Gasteiger partial charge in [-0.15, -0.1) is 0 Å². The monoisotopic (exact) mass is 506 g/mol. The standard InChI is InChI=1S/C21H24N6O2.C2HF3O2/c1-25(2)10-11-27-14-23-18-12-16(5-6-19(18)27)24-20(28)21(29)26-9-7-17-15(13-26)4-3-8-22-17;3-2(4,5)1(6)7/h3-6,8,12,14H,7,9-11,13H2,1-2H3,(H,24,28);(H,6,7). The van der Waals surface area contributed by atoms with E-state index in [0.717, 1.165) is 35.4 Å². The normalized spacial score (nSPS) is 13.1. The lowest BCUT2D eigenvalue weighted by atomic mass is 10.1. The van der Waals surface area contributed by atoms with Gasteiger partial charge in [-0.2, -0.15) is 13.2 Å². The molecular weight excluding hydrogens is 481 g/mol. The number of anilines is 1. The minimum absolute atomic E-state index is 0.407. The Morgan fingerprint density at radius 1 is 1.17 bits per heavy atom. The highest BCUT2D eigenvalue weighted by Gasteiger charge is 2.38. The predicted molar refractivity (Wildman–Crippen MR) is 124 cm³/mol. The van der Waals surface area contributed by atoms with Crippen molar-refractivity contribution >= 4 is 34.5 Å². The summed E-state index contributed by atoms with van der Waals surface area (Å²) in [5, 5.41) is 9.84. The fourth-order valence-corrected chi connectivity index (χ4v) is 3.49. The fourth-order valence-electron chi connectivity index (χ4n) is 3.49. The summed E-state index contributed by atoms with van der Waals surface area (Å²) in [5.41, 5.74) is 4.33. The quantitative estimate of drug-likeness (QED) is 0.520. The van der Waals surface area contributed by atoms with Gasteiger partial charge < -0.3 is 24.8 Å². The Morgan fingerprint density at radius 3 is 2.56 bits per heavy atom. The zero-order valence-corrected chi connectivity index (χ0v) is 19.6. The maximum atomic E-state index is 12.6. The third-order valence-electron chi connectivity index (χ3n) is 5.36. The van der Waals surface area contributed by atoms with Gasteiger partial charge in [0, 0.05) is 50.2 Å². The zero-order valence-electron chi connectivity index (χ0n) is 19.6. The van der Waals surface area contributed by atoms with Gasteiger partial charge in [0.2, 0.25) is 0 Å². The molecular formula is C23H25F3N6O4. The molecule has 192 valence electrons. The Hall–Kier alpha value is -4.00. The van der Waals surface area contributed by atoms with Crippen LogP contribution in [0.5, 0.6) is 0 Å². The number of imidazole rings is 1. The van der Waals surface area contributed by atoms with E-state index in [1.807, 2.05) is 32.3 Å². The van der Waals surface area contributed by atoms with Crippen LogP contribution < -0.4 is 5.32 Å². The largest absolute Gasteiger partial charge is 0.490 e. The number of carbonyl (C=O) groups excluding carboxylic acids is 2. The summed E-state index contributed by atoms with van der Waals surface area (Å²) in [4.78, 5) is 46.4. The number of hydrogen-bond donors (Lipinski definition) is 2. The van der Waals surface area contributed by atoms with Crippen LogP contribution >= 0.6 is 0 Å². The van der Waals surface area contributed by atoms with Crippen molar-refractivity contribution < 1.29 is 32.7 Å². The molecule has 1 aromatic carbocycles. The number of nitrogens with one attached hydrogen (secondary N) is 1. The fraction of sp³-hybridized carbons (Fsp3) is 0.348. The van der Waals surface area contributed by atoms with Crippen LogP contribution in [0.25, 0.3) is 11.0 Å². The van der Waals surface area contributed by atoms with Gasteiger partial charge in [-0.25, -0.2) is 9.78 Å². The number of hydrogen-bond acceptors (Lipinski definition) is 6. The van der Waals surface area contributed by atoms with Crippen molar-refractivity contribution in [3.8, 4) is 0 Å². The average molecular weight is 506 g/mol. The molecule has 0 unspecified atom stereocenters. The van der Waals surface area contributed by atoms with Crippen LogP contribution in [0.4, 0.5) is 18.9 Å². The number of carbonyl (C=O) groups is 3. The van der Waals surface area contributed by atoms with Crippen molar-refractivity contribution in [2.75, 3.05) is 32.5 Å². The SMILES string of the molecule is CN(C)CCn1cnc2cc(NC(=O)C(=O)N3CCc4ncccc4C3)ccc21.O=C(O)C(F)(F)F. The zero-order chi connectivity index (χ0) is 26.5. The van der Waals surface area contributed by atoms with Crippen LogP contribution in [0, 0.1) is 0 Å². The second-order valence-corrected chi connectivity index (χ2v) is 8.29. The summed E-state index contributed by atoms with van der Waals surface area (Å²) in [5.74, 6) is -3.92. The molecule has 2 amide bonds. The van der Waals surface area contributed by atoms with E-state index in [4.69, 9.17) is 9.90 Å². The molecule has 3 aromatic rings. The molecule has 4 rings (SSSR count). The van der Waals surface area contributed by atoms with Crippen molar-refractivity contribution in [1.82, 2.24) is 24.3 Å². The Balaban J connectivity index is 0.000000454. The number of carboxylic acids is 1. The lowest BCUT2D eigenvalue weighted by Gasteiger charge is -2.27. The minimum Gasteiger partial charge on any atom is -0.475 e. The van der Waals surface area contributed by atoms with E-state index in [1.165, 1.54) is 0 Å². The number of halogens is 3. The Morgan fingerprint density at radius 2 is 1.89 bits per heavy atom. The molecule has 0 bridgehead atoms. The molecule has 0 fully saturated rings. The smallest absolute Gasteiger partial charge is 0.475 e. The van der Waals surface area contributed by atoms with Crippen molar-refractivity contribution in [3.05, 3.63) is 54.1 Å². The average Bonchev–Trinajstić information content (AvgIpc) is 3.24. The summed E-state index contributed by atoms with van der Waals surface area (Å²) >= 11 is 0. The summed E-state index contributed by atoms with van der Waals surface area (Å²) in [7, 11) is 4.06. The number of benzene rings is 1. The molecule has 36 heavy (non-hydrogen) atoms. The summed E-state index contributed by atoms with van der Waals surface area (Å²) in [6.07, 6.45) is -0.878. The molecule has 3 heterocycles. The Kier molecular flexibility index (Phi) is 8.25. The summed E-state index contributed by atoms with van der Waals surface area (Å²) < 4.78 is 33.8. The van der Waals surface area contributed by atoms with Gasteiger partial charge >= 0.3 is 24.0 Å². The van der Waals surface area contributed by atoms with Crippen LogP contribution in [0.2, 0.25) is 0 Å². The van der Waals surface area contributed by atoms with Gasteiger partial charge in [0.25, 0.3) is 0 Å². The van der Waals surface area contributed by atoms with Gasteiger partial charge in [-0.1, -0.05) is 6.07 Å². The number of carboxylic acid groups (broad SMARTS) is 1. The maximum Gasteiger partial charge on any atom is 0.490 e. The van der Waals surface area contributed by atoms with E-state index in [-0.39, 0.29) is 0 Å². The number of fused-ring (bicyclic) bond motifs is 2. The third-order valence-corrected chi connectivity index (χ3v) is 5.36. The molecule has 1 aliphatic rings. The lowest BCUT2D eigenvalue weighted by Crippen LogP contribution is -2.42. The number of aliphatic carboxylic acids is 1. The van der Waals surface area contributed by atoms with E-state index < -0.39 is 24.0 Å². The van der Waals surface area contributed by atoms with Crippen molar-refractivity contribution in [2.24, 2.45) is 0 Å². The molecule has 2 aromatic heterocycles. The first-order valence-electron chi connectivity index (χ1n) is 10.9. The molecule has 0 radical (unpaired) electrons. The van der Waals surface area contributed by atoms with Crippen molar-refractivity contribution in [2.45, 2.75) is 25.7 Å². The number of aromatic nitrogens is 3. The number of nitrogens with zero attached hydrogens (tertiary/aromatic N) is 5. The van der Waals surface area contributed by atoms with E-state index in [9.17, 15) is 22.8 Å². The molecule has 0 spiro atoms. The van der Waals surface area contributed by atoms with Gasteiger partial charge in [-0.3, -0.25) is 14.6 Å². The molecule has 0 saturated heterocycles. The number of alkyl halides is 3. The molecule has 10 nitrogen and oxygen atoms in total. The van der Waals surface area contributed by atoms with E-state index in [0.29, 0.717) is 25.2 Å². The topological polar surface area (TPSA) is 121 Å². The van der Waals surface area contributed by atoms with Gasteiger partial charge in [0.15, 0.2) is 0 Å². The summed E-state index contributed by atoms with van der Waals surface area (Å²) in [6.45, 7) is 2.64. The third kappa shape index (κ3) is 6.78. The first kappa shape index (κ1) is 26.6. The van der Waals surface area contributed by atoms with Crippen LogP contribution in [0.1, 0.15) is 11.3 Å². The molecule has 0 atom stereocenters. The highest BCUT2D eigenvalue weighted by molar-refractivity contribution is 6.39. The highest BCUT2D eigenvalue weighted by atomic mass is 19.4. The Labute approximate surface area is 204 Å². The van der Waals surface area contributed by atoms with Crippen LogP contribution in [-0.2, 0) is 33.9 Å². The second kappa shape index (κ2) is 11.2. The molecule has 1 aliphatic heterocycles. The number of pyridine rings is 1. The predicted octanol–water partition coefficient (Wildman–Crippen LogP) is 2.15. The molecule has 0 aliphatic carbocycles. The molecule has 2 N–H and O–H groups in total. The number of rotatable bonds is 4. The van der Waals surface area contributed by atoms with Gasteiger partial charge in [0.1, 0.15) is 0 Å². The first-order chi connectivity index (χ1) is 17.0. The van der Waals surface area contributed by atoms with Crippen LogP contribution in [-0.4, -0.2) is 80.6 Å². The lowest BCUT2D eigenvalue weighted by molar-refractivity contribution is -0.192. The second-order valence-electron chi connectivity index (χ2n) is 8.29. The van der Waals surface area contributed by atoms with Crippen LogP contribution in [0.15, 0.2) is 42.9 Å². The summed E-state index contributed by atoms with van der Waals surface area (Å²) in [6, 6.07) is 9.31. The van der Waals surface area contributed by atoms with Gasteiger partial charge in [-0.05, 0) is 43.9 Å². The van der Waals surface area contributed by atoms with Gasteiger partial charge in [0.05, 0.1) is 17.4 Å². The molecule has 13 heteroatoms.